The van der Waals surface area contributed by atoms with Crippen molar-refractivity contribution in [1.29, 1.82) is 0 Å². The highest BCUT2D eigenvalue weighted by Crippen LogP contribution is 2.28. The van der Waals surface area contributed by atoms with Crippen LogP contribution in [0.1, 0.15) is 53.0 Å². The lowest BCUT2D eigenvalue weighted by molar-refractivity contribution is -0.385. The number of nitro groups is 1. The Balaban J connectivity index is 1.86. The van der Waals surface area contributed by atoms with Crippen molar-refractivity contribution in [1.82, 2.24) is 5.32 Å². The lowest BCUT2D eigenvalue weighted by Crippen LogP contribution is -2.30. The van der Waals surface area contributed by atoms with Crippen molar-refractivity contribution < 1.29 is 14.5 Å². The maximum atomic E-state index is 12.9. The van der Waals surface area contributed by atoms with Crippen LogP contribution in [0.5, 0.6) is 0 Å². The first-order valence-corrected chi connectivity index (χ1v) is 10.5. The van der Waals surface area contributed by atoms with Gasteiger partial charge in [0.25, 0.3) is 17.5 Å². The Kier molecular flexibility index (Phi) is 6.89. The predicted molar refractivity (Wildman–Crippen MR) is 121 cm³/mol. The first-order valence-electron chi connectivity index (χ1n) is 10.5. The normalized spacial score (nSPS) is 13.4. The maximum absolute atomic E-state index is 12.9. The lowest BCUT2D eigenvalue weighted by atomic mass is 10.1. The van der Waals surface area contributed by atoms with Gasteiger partial charge < -0.3 is 15.5 Å². The third kappa shape index (κ3) is 5.39. The van der Waals surface area contributed by atoms with Crippen LogP contribution in [-0.4, -0.2) is 36.4 Å². The van der Waals surface area contributed by atoms with Gasteiger partial charge in [-0.1, -0.05) is 19.9 Å². The van der Waals surface area contributed by atoms with Crippen molar-refractivity contribution in [3.05, 3.63) is 63.2 Å². The summed E-state index contributed by atoms with van der Waals surface area (Å²) in [6.45, 7) is 8.02. The number of aryl methyl sites for hydroxylation is 1. The number of anilines is 2. The minimum atomic E-state index is -0.506. The van der Waals surface area contributed by atoms with Gasteiger partial charge in [-0.15, -0.1) is 0 Å². The molecule has 31 heavy (non-hydrogen) atoms. The summed E-state index contributed by atoms with van der Waals surface area (Å²) in [6, 6.07) is 9.64. The Morgan fingerprint density at radius 1 is 1.10 bits per heavy atom. The van der Waals surface area contributed by atoms with Gasteiger partial charge in [-0.3, -0.25) is 19.7 Å². The number of rotatable bonds is 7. The summed E-state index contributed by atoms with van der Waals surface area (Å²) >= 11 is 0. The second kappa shape index (κ2) is 9.59. The Morgan fingerprint density at radius 3 is 2.45 bits per heavy atom. The number of carbonyl (C=O) groups excluding carboxylic acids is 2. The molecule has 1 aliphatic heterocycles. The first kappa shape index (κ1) is 22.3. The molecule has 0 aliphatic carbocycles. The molecule has 0 radical (unpaired) electrons. The minimum absolute atomic E-state index is 0.106. The summed E-state index contributed by atoms with van der Waals surface area (Å²) in [7, 11) is 0. The number of hydrogen-bond acceptors (Lipinski definition) is 5. The minimum Gasteiger partial charge on any atom is -0.371 e. The van der Waals surface area contributed by atoms with Crippen molar-refractivity contribution in [2.24, 2.45) is 5.92 Å². The van der Waals surface area contributed by atoms with Crippen LogP contribution in [0.2, 0.25) is 0 Å². The fraction of sp³-hybridized carbons (Fsp3) is 0.391. The van der Waals surface area contributed by atoms with Crippen LogP contribution in [0, 0.1) is 23.0 Å². The molecule has 0 aromatic heterocycles. The topological polar surface area (TPSA) is 105 Å². The van der Waals surface area contributed by atoms with Gasteiger partial charge in [0.1, 0.15) is 0 Å². The van der Waals surface area contributed by atoms with E-state index in [-0.39, 0.29) is 17.2 Å². The number of nitro benzene ring substituents is 1. The molecule has 164 valence electrons. The molecule has 2 aromatic rings. The number of nitrogens with zero attached hydrogens (tertiary/aromatic N) is 2. The molecule has 0 saturated carbocycles. The van der Waals surface area contributed by atoms with E-state index in [1.807, 2.05) is 19.9 Å². The van der Waals surface area contributed by atoms with Gasteiger partial charge in [-0.25, -0.2) is 0 Å². The van der Waals surface area contributed by atoms with Crippen LogP contribution < -0.4 is 15.5 Å². The highest BCUT2D eigenvalue weighted by atomic mass is 16.6. The van der Waals surface area contributed by atoms with Crippen LogP contribution in [0.3, 0.4) is 0 Å². The smallest absolute Gasteiger partial charge is 0.273 e. The first-order chi connectivity index (χ1) is 14.8. The highest BCUT2D eigenvalue weighted by Gasteiger charge is 2.21. The molecule has 0 bridgehead atoms. The Morgan fingerprint density at radius 2 is 1.81 bits per heavy atom. The standard InChI is InChI=1S/C23H28N4O4/c1-15(2)14-24-23(29)19-13-18(8-9-20(19)26-10-4-5-11-26)25-22(28)17-7-6-16(3)21(12-17)27(30)31/h6-9,12-13,15H,4-5,10-11,14H2,1-3H3,(H,24,29)(H,25,28). The molecule has 8 heteroatoms. The number of nitrogens with one attached hydrogen (secondary N) is 2. The largest absolute Gasteiger partial charge is 0.371 e. The second-order valence-electron chi connectivity index (χ2n) is 8.24. The van der Waals surface area contributed by atoms with Crippen molar-refractivity contribution in [3.63, 3.8) is 0 Å². The monoisotopic (exact) mass is 424 g/mol. The Bertz CT molecular complexity index is 997. The van der Waals surface area contributed by atoms with E-state index in [2.05, 4.69) is 15.5 Å². The molecule has 2 N–H and O–H groups in total. The van der Waals surface area contributed by atoms with Gasteiger partial charge in [0, 0.05) is 48.2 Å². The van der Waals surface area contributed by atoms with E-state index >= 15 is 0 Å². The summed E-state index contributed by atoms with van der Waals surface area (Å²) in [5.41, 5.74) is 2.39. The average Bonchev–Trinajstić information content (AvgIpc) is 3.26. The summed E-state index contributed by atoms with van der Waals surface area (Å²) in [5.74, 6) is -0.331. The molecule has 8 nitrogen and oxygen atoms in total. The van der Waals surface area contributed by atoms with Crippen molar-refractivity contribution in [3.8, 4) is 0 Å². The van der Waals surface area contributed by atoms with Gasteiger partial charge in [0.2, 0.25) is 0 Å². The Hall–Kier alpha value is -3.42. The molecule has 0 unspecified atom stereocenters. The van der Waals surface area contributed by atoms with Crippen LogP contribution in [0.25, 0.3) is 0 Å². The fourth-order valence-corrected chi connectivity index (χ4v) is 3.57. The molecule has 1 aliphatic rings. The molecule has 2 aromatic carbocycles. The fourth-order valence-electron chi connectivity index (χ4n) is 3.57. The van der Waals surface area contributed by atoms with Gasteiger partial charge in [-0.05, 0) is 49.9 Å². The summed E-state index contributed by atoms with van der Waals surface area (Å²) < 4.78 is 0. The van der Waals surface area contributed by atoms with E-state index < -0.39 is 10.8 Å². The third-order valence-corrected chi connectivity index (χ3v) is 5.28. The van der Waals surface area contributed by atoms with Crippen LogP contribution in [0.15, 0.2) is 36.4 Å². The van der Waals surface area contributed by atoms with E-state index in [0.717, 1.165) is 31.6 Å². The molecule has 1 heterocycles. The van der Waals surface area contributed by atoms with Crippen molar-refractivity contribution in [2.45, 2.75) is 33.6 Å². The van der Waals surface area contributed by atoms with E-state index in [1.165, 1.54) is 6.07 Å². The zero-order valence-electron chi connectivity index (χ0n) is 18.1. The third-order valence-electron chi connectivity index (χ3n) is 5.28. The molecule has 0 spiro atoms. The Labute approximate surface area is 181 Å². The molecule has 1 saturated heterocycles. The maximum Gasteiger partial charge on any atom is 0.273 e. The molecule has 0 atom stereocenters. The summed E-state index contributed by atoms with van der Waals surface area (Å²) in [6.07, 6.45) is 2.16. The van der Waals surface area contributed by atoms with Gasteiger partial charge >= 0.3 is 0 Å². The van der Waals surface area contributed by atoms with Crippen LogP contribution >= 0.6 is 0 Å². The van der Waals surface area contributed by atoms with E-state index in [9.17, 15) is 19.7 Å². The quantitative estimate of drug-likeness (QED) is 0.513. The van der Waals surface area contributed by atoms with Gasteiger partial charge in [0.05, 0.1) is 10.5 Å². The molecule has 1 fully saturated rings. The van der Waals surface area contributed by atoms with E-state index in [0.29, 0.717) is 29.3 Å². The van der Waals surface area contributed by atoms with Gasteiger partial charge in [-0.2, -0.15) is 0 Å². The van der Waals surface area contributed by atoms with Crippen LogP contribution in [-0.2, 0) is 0 Å². The van der Waals surface area contributed by atoms with E-state index in [1.54, 1.807) is 31.2 Å². The lowest BCUT2D eigenvalue weighted by Gasteiger charge is -2.22. The van der Waals surface area contributed by atoms with Crippen molar-refractivity contribution in [2.75, 3.05) is 29.9 Å². The number of carbonyl (C=O) groups is 2. The zero-order valence-corrected chi connectivity index (χ0v) is 18.1. The summed E-state index contributed by atoms with van der Waals surface area (Å²) in [5, 5.41) is 16.9. The number of hydrogen-bond donors (Lipinski definition) is 2. The number of benzene rings is 2. The summed E-state index contributed by atoms with van der Waals surface area (Å²) in [4.78, 5) is 38.4. The number of amides is 2. The van der Waals surface area contributed by atoms with E-state index in [4.69, 9.17) is 0 Å². The molecular formula is C23H28N4O4. The molecule has 3 rings (SSSR count). The van der Waals surface area contributed by atoms with Gasteiger partial charge in [0.15, 0.2) is 0 Å². The average molecular weight is 425 g/mol. The predicted octanol–water partition coefficient (Wildman–Crippen LogP) is 4.14. The highest BCUT2D eigenvalue weighted by molar-refractivity contribution is 6.06. The molecule has 2 amide bonds. The van der Waals surface area contributed by atoms with Crippen LogP contribution in [0.4, 0.5) is 17.1 Å². The zero-order chi connectivity index (χ0) is 22.5. The SMILES string of the molecule is Cc1ccc(C(=O)Nc2ccc(N3CCCC3)c(C(=O)NCC(C)C)c2)cc1[N+](=O)[O-]. The van der Waals surface area contributed by atoms with Crippen molar-refractivity contribution >= 4 is 28.9 Å². The second-order valence-corrected chi connectivity index (χ2v) is 8.24. The molecular weight excluding hydrogens is 396 g/mol.